The third kappa shape index (κ3) is 1.73. The lowest BCUT2D eigenvalue weighted by Crippen LogP contribution is -2.09. The number of hydrogen-bond donors (Lipinski definition) is 1. The molecule has 0 saturated heterocycles. The second kappa shape index (κ2) is 3.09. The van der Waals surface area contributed by atoms with Crippen LogP contribution in [0.2, 0.25) is 0 Å². The van der Waals surface area contributed by atoms with Crippen molar-refractivity contribution in [2.24, 2.45) is 0 Å². The van der Waals surface area contributed by atoms with Crippen LogP contribution >= 0.6 is 0 Å². The number of aliphatic carboxylic acids is 1. The molecule has 1 aromatic rings. The lowest BCUT2D eigenvalue weighted by atomic mass is 10.4. The number of nitrogens with zero attached hydrogens (tertiary/aromatic N) is 4. The molecule has 1 aromatic heterocycles. The van der Waals surface area contributed by atoms with Crippen LogP contribution in [-0.4, -0.2) is 31.3 Å². The van der Waals surface area contributed by atoms with Crippen molar-refractivity contribution in [3.8, 4) is 0 Å². The molecule has 6 heteroatoms. The highest BCUT2D eigenvalue weighted by atomic mass is 16.4. The second-order valence-corrected chi connectivity index (χ2v) is 1.98. The molecule has 0 aliphatic carbocycles. The zero-order chi connectivity index (χ0) is 8.27. The van der Waals surface area contributed by atoms with E-state index in [-0.39, 0.29) is 6.42 Å². The minimum atomic E-state index is -0.922. The van der Waals surface area contributed by atoms with Gasteiger partial charge in [-0.1, -0.05) is 0 Å². The fraction of sp³-hybridized carbons (Fsp3) is 0.600. The Morgan fingerprint density at radius 1 is 1.73 bits per heavy atom. The lowest BCUT2D eigenvalue weighted by Gasteiger charge is -1.95. The summed E-state index contributed by atoms with van der Waals surface area (Å²) in [6.45, 7) is 2.44. The Morgan fingerprint density at radius 3 is 3.00 bits per heavy atom. The van der Waals surface area contributed by atoms with Crippen molar-refractivity contribution < 1.29 is 9.90 Å². The number of aromatic nitrogens is 4. The average molecular weight is 156 g/mol. The summed E-state index contributed by atoms with van der Waals surface area (Å²) in [5.41, 5.74) is 0. The minimum Gasteiger partial charge on any atom is -0.481 e. The number of rotatable bonds is 3. The van der Waals surface area contributed by atoms with E-state index in [1.807, 2.05) is 6.92 Å². The predicted molar refractivity (Wildman–Crippen MR) is 34.8 cm³/mol. The van der Waals surface area contributed by atoms with E-state index in [1.54, 1.807) is 0 Å². The molecule has 0 amide bonds. The third-order valence-electron chi connectivity index (χ3n) is 1.21. The van der Waals surface area contributed by atoms with Crippen LogP contribution < -0.4 is 0 Å². The highest BCUT2D eigenvalue weighted by Gasteiger charge is 2.07. The van der Waals surface area contributed by atoms with E-state index in [4.69, 9.17) is 5.11 Å². The van der Waals surface area contributed by atoms with Gasteiger partial charge in [-0.25, -0.2) is 4.68 Å². The molecule has 0 spiro atoms. The van der Waals surface area contributed by atoms with Crippen LogP contribution in [0.1, 0.15) is 12.7 Å². The fourth-order valence-corrected chi connectivity index (χ4v) is 0.731. The topological polar surface area (TPSA) is 80.9 Å². The first-order valence-corrected chi connectivity index (χ1v) is 3.21. The molecule has 0 saturated carbocycles. The van der Waals surface area contributed by atoms with Gasteiger partial charge in [0.1, 0.15) is 6.42 Å². The van der Waals surface area contributed by atoms with Crippen molar-refractivity contribution in [1.29, 1.82) is 0 Å². The maximum Gasteiger partial charge on any atom is 0.311 e. The molecular weight excluding hydrogens is 148 g/mol. The van der Waals surface area contributed by atoms with E-state index < -0.39 is 5.97 Å². The van der Waals surface area contributed by atoms with Crippen molar-refractivity contribution in [3.63, 3.8) is 0 Å². The Kier molecular flexibility index (Phi) is 2.15. The molecule has 0 fully saturated rings. The van der Waals surface area contributed by atoms with Crippen molar-refractivity contribution in [2.75, 3.05) is 0 Å². The van der Waals surface area contributed by atoms with Gasteiger partial charge in [0.25, 0.3) is 0 Å². The lowest BCUT2D eigenvalue weighted by molar-refractivity contribution is -0.136. The molecule has 1 N–H and O–H groups in total. The van der Waals surface area contributed by atoms with Crippen LogP contribution in [-0.2, 0) is 17.8 Å². The summed E-state index contributed by atoms with van der Waals surface area (Å²) < 4.78 is 1.45. The van der Waals surface area contributed by atoms with E-state index in [0.717, 1.165) is 0 Å². The average Bonchev–Trinajstić information content (AvgIpc) is 2.34. The zero-order valence-corrected chi connectivity index (χ0v) is 6.06. The molecule has 0 aliphatic heterocycles. The van der Waals surface area contributed by atoms with Gasteiger partial charge in [0.05, 0.1) is 0 Å². The number of carboxylic acid groups (broad SMARTS) is 1. The molecule has 0 aliphatic rings. The van der Waals surface area contributed by atoms with E-state index in [1.165, 1.54) is 4.68 Å². The Morgan fingerprint density at radius 2 is 2.45 bits per heavy atom. The quantitative estimate of drug-likeness (QED) is 0.627. The summed E-state index contributed by atoms with van der Waals surface area (Å²) >= 11 is 0. The van der Waals surface area contributed by atoms with Gasteiger partial charge in [-0.15, -0.1) is 5.10 Å². The van der Waals surface area contributed by atoms with Crippen LogP contribution in [0.3, 0.4) is 0 Å². The van der Waals surface area contributed by atoms with E-state index in [2.05, 4.69) is 15.5 Å². The number of tetrazole rings is 1. The first kappa shape index (κ1) is 7.64. The van der Waals surface area contributed by atoms with E-state index >= 15 is 0 Å². The summed E-state index contributed by atoms with van der Waals surface area (Å²) in [6.07, 6.45) is -0.124. The fourth-order valence-electron chi connectivity index (χ4n) is 0.731. The number of carbonyl (C=O) groups is 1. The largest absolute Gasteiger partial charge is 0.481 e. The van der Waals surface area contributed by atoms with E-state index in [9.17, 15) is 4.79 Å². The van der Waals surface area contributed by atoms with Gasteiger partial charge in [0.15, 0.2) is 5.82 Å². The molecule has 60 valence electrons. The van der Waals surface area contributed by atoms with Gasteiger partial charge in [-0.05, 0) is 17.4 Å². The van der Waals surface area contributed by atoms with Crippen LogP contribution in [0.4, 0.5) is 0 Å². The van der Waals surface area contributed by atoms with Gasteiger partial charge >= 0.3 is 5.97 Å². The van der Waals surface area contributed by atoms with Crippen LogP contribution in [0.5, 0.6) is 0 Å². The summed E-state index contributed by atoms with van der Waals surface area (Å²) in [5.74, 6) is -0.533. The summed E-state index contributed by atoms with van der Waals surface area (Å²) in [4.78, 5) is 10.2. The highest BCUT2D eigenvalue weighted by molar-refractivity contribution is 5.68. The molecule has 1 rings (SSSR count). The second-order valence-electron chi connectivity index (χ2n) is 1.98. The summed E-state index contributed by atoms with van der Waals surface area (Å²) in [6, 6.07) is 0. The number of hydrogen-bond acceptors (Lipinski definition) is 4. The first-order chi connectivity index (χ1) is 5.24. The zero-order valence-electron chi connectivity index (χ0n) is 6.06. The maximum absolute atomic E-state index is 10.2. The Bertz CT molecular complexity index is 257. The van der Waals surface area contributed by atoms with Crippen molar-refractivity contribution in [3.05, 3.63) is 5.82 Å². The van der Waals surface area contributed by atoms with Gasteiger partial charge in [-0.3, -0.25) is 4.79 Å². The first-order valence-electron chi connectivity index (χ1n) is 3.21. The number of aryl methyl sites for hydroxylation is 1. The standard InChI is InChI=1S/C5H8N4O2/c1-2-9-4(3-5(10)11)6-7-8-9/h2-3H2,1H3,(H,10,11). The Balaban J connectivity index is 2.76. The molecule has 0 bridgehead atoms. The monoisotopic (exact) mass is 156 g/mol. The SMILES string of the molecule is CCn1nnnc1CC(=O)O. The van der Waals surface area contributed by atoms with Crippen LogP contribution in [0, 0.1) is 0 Å². The van der Waals surface area contributed by atoms with Crippen molar-refractivity contribution in [1.82, 2.24) is 20.2 Å². The molecule has 0 radical (unpaired) electrons. The molecule has 0 atom stereocenters. The maximum atomic E-state index is 10.2. The molecule has 6 nitrogen and oxygen atoms in total. The molecule has 11 heavy (non-hydrogen) atoms. The third-order valence-corrected chi connectivity index (χ3v) is 1.21. The summed E-state index contributed by atoms with van der Waals surface area (Å²) in [5, 5.41) is 18.9. The normalized spacial score (nSPS) is 9.91. The minimum absolute atomic E-state index is 0.124. The van der Waals surface area contributed by atoms with Crippen LogP contribution in [0.15, 0.2) is 0 Å². The number of carboxylic acids is 1. The van der Waals surface area contributed by atoms with Crippen molar-refractivity contribution in [2.45, 2.75) is 19.9 Å². The molecular formula is C5H8N4O2. The summed E-state index contributed by atoms with van der Waals surface area (Å²) in [7, 11) is 0. The molecule has 0 unspecified atom stereocenters. The van der Waals surface area contributed by atoms with E-state index in [0.29, 0.717) is 12.4 Å². The van der Waals surface area contributed by atoms with Crippen LogP contribution in [0.25, 0.3) is 0 Å². The highest BCUT2D eigenvalue weighted by Crippen LogP contribution is 1.92. The predicted octanol–water partition coefficient (Wildman–Crippen LogP) is -0.680. The molecule has 0 aromatic carbocycles. The van der Waals surface area contributed by atoms with Gasteiger partial charge in [-0.2, -0.15) is 0 Å². The Hall–Kier alpha value is -1.46. The smallest absolute Gasteiger partial charge is 0.311 e. The van der Waals surface area contributed by atoms with Crippen molar-refractivity contribution >= 4 is 5.97 Å². The molecule has 1 heterocycles. The Labute approximate surface area is 62.8 Å². The van der Waals surface area contributed by atoms with Gasteiger partial charge in [0.2, 0.25) is 0 Å². The van der Waals surface area contributed by atoms with Gasteiger partial charge < -0.3 is 5.11 Å². The van der Waals surface area contributed by atoms with Gasteiger partial charge in [0, 0.05) is 6.54 Å².